The molecular formula is C22H29IN4O3. The first kappa shape index (κ1) is 23.8. The van der Waals surface area contributed by atoms with Crippen LogP contribution in [0.2, 0.25) is 0 Å². The van der Waals surface area contributed by atoms with Crippen LogP contribution < -0.4 is 25.4 Å². The van der Waals surface area contributed by atoms with E-state index < -0.39 is 0 Å². The van der Waals surface area contributed by atoms with Crippen molar-refractivity contribution in [3.05, 3.63) is 59.7 Å². The van der Waals surface area contributed by atoms with Crippen molar-refractivity contribution in [2.45, 2.75) is 26.0 Å². The minimum Gasteiger partial charge on any atom is -0.486 e. The largest absolute Gasteiger partial charge is 0.486 e. The van der Waals surface area contributed by atoms with Crippen molar-refractivity contribution in [2.75, 3.05) is 26.7 Å². The van der Waals surface area contributed by atoms with E-state index in [2.05, 4.69) is 20.9 Å². The van der Waals surface area contributed by atoms with Crippen molar-refractivity contribution in [3.8, 4) is 11.5 Å². The second-order valence-corrected chi connectivity index (χ2v) is 6.76. The number of nitrogens with one attached hydrogen (secondary N) is 3. The van der Waals surface area contributed by atoms with Crippen LogP contribution in [0.4, 0.5) is 0 Å². The zero-order valence-corrected chi connectivity index (χ0v) is 19.6. The lowest BCUT2D eigenvalue weighted by molar-refractivity contribution is 0.0936. The van der Waals surface area contributed by atoms with Crippen molar-refractivity contribution in [3.63, 3.8) is 0 Å². The average molecular weight is 524 g/mol. The monoisotopic (exact) mass is 524 g/mol. The highest BCUT2D eigenvalue weighted by atomic mass is 127. The summed E-state index contributed by atoms with van der Waals surface area (Å²) in [4.78, 5) is 16.4. The van der Waals surface area contributed by atoms with Gasteiger partial charge in [-0.05, 0) is 36.2 Å². The van der Waals surface area contributed by atoms with E-state index in [1.165, 1.54) is 0 Å². The molecule has 0 aromatic heterocycles. The van der Waals surface area contributed by atoms with E-state index in [-0.39, 0.29) is 36.0 Å². The fourth-order valence-electron chi connectivity index (χ4n) is 2.94. The van der Waals surface area contributed by atoms with Crippen LogP contribution >= 0.6 is 24.0 Å². The van der Waals surface area contributed by atoms with E-state index in [4.69, 9.17) is 9.47 Å². The number of guanidine groups is 1. The van der Waals surface area contributed by atoms with Crippen LogP contribution in [-0.2, 0) is 6.54 Å². The van der Waals surface area contributed by atoms with E-state index in [9.17, 15) is 4.79 Å². The number of carbonyl (C=O) groups is 1. The summed E-state index contributed by atoms with van der Waals surface area (Å²) >= 11 is 0. The Kier molecular flexibility index (Phi) is 9.72. The van der Waals surface area contributed by atoms with Gasteiger partial charge in [-0.1, -0.05) is 31.2 Å². The Bertz CT molecular complexity index is 860. The van der Waals surface area contributed by atoms with Gasteiger partial charge < -0.3 is 25.4 Å². The number of amides is 1. The van der Waals surface area contributed by atoms with Crippen molar-refractivity contribution >= 4 is 35.8 Å². The molecule has 0 aliphatic carbocycles. The molecule has 8 heteroatoms. The third-order valence-corrected chi connectivity index (χ3v) is 4.47. The number of rotatable bonds is 7. The van der Waals surface area contributed by atoms with Crippen LogP contribution in [0, 0.1) is 0 Å². The highest BCUT2D eigenvalue weighted by Gasteiger charge is 2.20. The topological polar surface area (TPSA) is 84.0 Å². The standard InChI is InChI=1S/C22H28N4O3.HI/c1-3-11-24-21(27)17-8-6-7-16(12-17)13-25-22(23-2)26-14-18-15-28-19-9-4-5-10-20(19)29-18;/h4-10,12,18H,3,11,13-15H2,1-2H3,(H,24,27)(H2,23,25,26);1H. The molecule has 1 amide bonds. The zero-order chi connectivity index (χ0) is 20.5. The van der Waals surface area contributed by atoms with Gasteiger partial charge in [-0.2, -0.15) is 0 Å². The van der Waals surface area contributed by atoms with Crippen LogP contribution in [0.1, 0.15) is 29.3 Å². The minimum atomic E-state index is -0.103. The molecule has 1 aliphatic heterocycles. The number of para-hydroxylation sites is 2. The SMILES string of the molecule is CCCNC(=O)c1cccc(CNC(=NC)NCC2COc3ccccc3O2)c1.I. The summed E-state index contributed by atoms with van der Waals surface area (Å²) < 4.78 is 11.7. The lowest BCUT2D eigenvalue weighted by Gasteiger charge is -2.27. The quantitative estimate of drug-likeness (QED) is 0.295. The Morgan fingerprint density at radius 1 is 1.10 bits per heavy atom. The normalized spacial score (nSPS) is 15.0. The Labute approximate surface area is 194 Å². The molecule has 0 fully saturated rings. The van der Waals surface area contributed by atoms with Crippen LogP contribution in [-0.4, -0.2) is 44.7 Å². The molecule has 0 radical (unpaired) electrons. The molecule has 0 saturated carbocycles. The summed E-state index contributed by atoms with van der Waals surface area (Å²) in [5, 5.41) is 9.42. The molecule has 3 rings (SSSR count). The zero-order valence-electron chi connectivity index (χ0n) is 17.3. The van der Waals surface area contributed by atoms with Gasteiger partial charge >= 0.3 is 0 Å². The summed E-state index contributed by atoms with van der Waals surface area (Å²) in [6, 6.07) is 15.2. The van der Waals surface area contributed by atoms with Crippen molar-refractivity contribution in [1.29, 1.82) is 0 Å². The second kappa shape index (κ2) is 12.3. The lowest BCUT2D eigenvalue weighted by Crippen LogP contribution is -2.45. The van der Waals surface area contributed by atoms with Gasteiger partial charge in [0.25, 0.3) is 5.91 Å². The number of ether oxygens (including phenoxy) is 2. The van der Waals surface area contributed by atoms with Crippen LogP contribution in [0.3, 0.4) is 0 Å². The van der Waals surface area contributed by atoms with Gasteiger partial charge in [0.15, 0.2) is 17.5 Å². The van der Waals surface area contributed by atoms with E-state index in [0.29, 0.717) is 37.8 Å². The van der Waals surface area contributed by atoms with Gasteiger partial charge in [0.05, 0.1) is 6.54 Å². The van der Waals surface area contributed by atoms with Crippen LogP contribution in [0.5, 0.6) is 11.5 Å². The third kappa shape index (κ3) is 6.79. The Morgan fingerprint density at radius 3 is 2.67 bits per heavy atom. The summed E-state index contributed by atoms with van der Waals surface area (Å²) in [6.45, 7) is 4.31. The first-order valence-electron chi connectivity index (χ1n) is 9.89. The fourth-order valence-corrected chi connectivity index (χ4v) is 2.94. The number of hydrogen-bond donors (Lipinski definition) is 3. The van der Waals surface area contributed by atoms with Crippen molar-refractivity contribution < 1.29 is 14.3 Å². The lowest BCUT2D eigenvalue weighted by atomic mass is 10.1. The van der Waals surface area contributed by atoms with Gasteiger partial charge in [-0.15, -0.1) is 24.0 Å². The fraction of sp³-hybridized carbons (Fsp3) is 0.364. The molecule has 0 saturated heterocycles. The molecule has 1 atom stereocenters. The number of carbonyl (C=O) groups excluding carboxylic acids is 1. The predicted molar refractivity (Wildman–Crippen MR) is 129 cm³/mol. The molecule has 7 nitrogen and oxygen atoms in total. The first-order chi connectivity index (χ1) is 14.2. The number of benzene rings is 2. The van der Waals surface area contributed by atoms with Crippen molar-refractivity contribution in [2.24, 2.45) is 4.99 Å². The minimum absolute atomic E-state index is 0. The maximum absolute atomic E-state index is 12.1. The molecule has 1 aliphatic rings. The summed E-state index contributed by atoms with van der Waals surface area (Å²) in [5.74, 6) is 2.14. The Morgan fingerprint density at radius 2 is 1.90 bits per heavy atom. The summed E-state index contributed by atoms with van der Waals surface area (Å²) in [6.07, 6.45) is 0.810. The highest BCUT2D eigenvalue weighted by Crippen LogP contribution is 2.30. The predicted octanol–water partition coefficient (Wildman–Crippen LogP) is 2.95. The molecule has 30 heavy (non-hydrogen) atoms. The third-order valence-electron chi connectivity index (χ3n) is 4.47. The smallest absolute Gasteiger partial charge is 0.251 e. The summed E-state index contributed by atoms with van der Waals surface area (Å²) in [5.41, 5.74) is 1.66. The van der Waals surface area contributed by atoms with Gasteiger partial charge in [0, 0.05) is 25.7 Å². The number of nitrogens with zero attached hydrogens (tertiary/aromatic N) is 1. The molecule has 3 N–H and O–H groups in total. The molecule has 1 unspecified atom stereocenters. The summed E-state index contributed by atoms with van der Waals surface area (Å²) in [7, 11) is 1.72. The Balaban J connectivity index is 0.00000320. The highest BCUT2D eigenvalue weighted by molar-refractivity contribution is 14.0. The van der Waals surface area contributed by atoms with E-state index in [0.717, 1.165) is 23.5 Å². The Hall–Kier alpha value is -2.49. The molecule has 2 aromatic rings. The van der Waals surface area contributed by atoms with Gasteiger partial charge in [0.1, 0.15) is 12.7 Å². The number of halogens is 1. The van der Waals surface area contributed by atoms with Crippen LogP contribution in [0.25, 0.3) is 0 Å². The molecule has 0 bridgehead atoms. The van der Waals surface area contributed by atoms with Gasteiger partial charge in [-0.25, -0.2) is 0 Å². The molecule has 0 spiro atoms. The van der Waals surface area contributed by atoms with E-state index >= 15 is 0 Å². The second-order valence-electron chi connectivity index (χ2n) is 6.76. The van der Waals surface area contributed by atoms with E-state index in [1.807, 2.05) is 55.5 Å². The number of fused-ring (bicyclic) bond motifs is 1. The van der Waals surface area contributed by atoms with Crippen molar-refractivity contribution in [1.82, 2.24) is 16.0 Å². The number of aliphatic imine (C=N–C) groups is 1. The molecule has 1 heterocycles. The van der Waals surface area contributed by atoms with Gasteiger partial charge in [0.2, 0.25) is 0 Å². The molecule has 2 aromatic carbocycles. The first-order valence-corrected chi connectivity index (χ1v) is 9.89. The molecular weight excluding hydrogens is 495 g/mol. The van der Waals surface area contributed by atoms with E-state index in [1.54, 1.807) is 7.05 Å². The average Bonchev–Trinajstić information content (AvgIpc) is 2.77. The van der Waals surface area contributed by atoms with Gasteiger partial charge in [-0.3, -0.25) is 9.79 Å². The maximum Gasteiger partial charge on any atom is 0.251 e. The van der Waals surface area contributed by atoms with Crippen LogP contribution in [0.15, 0.2) is 53.5 Å². The number of hydrogen-bond acceptors (Lipinski definition) is 4. The molecule has 162 valence electrons. The maximum atomic E-state index is 12.1.